The summed E-state index contributed by atoms with van der Waals surface area (Å²) in [6.45, 7) is 4.28. The zero-order valence-electron chi connectivity index (χ0n) is 13.2. The van der Waals surface area contributed by atoms with Gasteiger partial charge in [-0.25, -0.2) is 12.8 Å². The van der Waals surface area contributed by atoms with E-state index in [1.54, 1.807) is 0 Å². The second-order valence-corrected chi connectivity index (χ2v) is 8.09. The van der Waals surface area contributed by atoms with Crippen molar-refractivity contribution in [3.8, 4) is 0 Å². The molecule has 2 fully saturated rings. The van der Waals surface area contributed by atoms with E-state index < -0.39 is 15.8 Å². The molecule has 3 rings (SSSR count). The van der Waals surface area contributed by atoms with Crippen molar-refractivity contribution in [2.45, 2.75) is 30.3 Å². The maximum absolute atomic E-state index is 13.0. The first-order chi connectivity index (χ1) is 11.1. The Bertz CT molecular complexity index is 615. The van der Waals surface area contributed by atoms with E-state index in [1.807, 2.05) is 0 Å². The first-order valence-corrected chi connectivity index (χ1v) is 9.59. The molecule has 1 atom stereocenters. The van der Waals surface area contributed by atoms with E-state index >= 15 is 0 Å². The first kappa shape index (κ1) is 16.8. The standard InChI is InChI=1S/C16H23FN2O3S/c17-14-4-6-16(7-5-14)23(20,21)19-9-2-8-18(10-11-19)13-15-3-1-12-22-15/h4-7,15H,1-3,8-13H2/t15-/m0/s1. The largest absolute Gasteiger partial charge is 0.377 e. The summed E-state index contributed by atoms with van der Waals surface area (Å²) in [5.74, 6) is -0.428. The third-order valence-corrected chi connectivity index (χ3v) is 6.40. The zero-order chi connectivity index (χ0) is 16.3. The molecule has 2 heterocycles. The van der Waals surface area contributed by atoms with Gasteiger partial charge in [-0.05, 0) is 50.1 Å². The smallest absolute Gasteiger partial charge is 0.243 e. The highest BCUT2D eigenvalue weighted by molar-refractivity contribution is 7.89. The van der Waals surface area contributed by atoms with Crippen LogP contribution in [0.3, 0.4) is 0 Å². The van der Waals surface area contributed by atoms with Crippen molar-refractivity contribution < 1.29 is 17.5 Å². The quantitative estimate of drug-likeness (QED) is 0.836. The molecular formula is C16H23FN2O3S. The molecule has 0 unspecified atom stereocenters. The van der Waals surface area contributed by atoms with Gasteiger partial charge in [0, 0.05) is 32.8 Å². The summed E-state index contributed by atoms with van der Waals surface area (Å²) in [6, 6.07) is 5.04. The number of benzene rings is 1. The molecule has 0 spiro atoms. The van der Waals surface area contributed by atoms with E-state index in [2.05, 4.69) is 4.90 Å². The minimum absolute atomic E-state index is 0.159. The fraction of sp³-hybridized carbons (Fsp3) is 0.625. The lowest BCUT2D eigenvalue weighted by Gasteiger charge is -2.23. The van der Waals surface area contributed by atoms with Crippen LogP contribution in [0.5, 0.6) is 0 Å². The molecule has 128 valence electrons. The minimum atomic E-state index is -3.54. The van der Waals surface area contributed by atoms with Crippen molar-refractivity contribution in [3.63, 3.8) is 0 Å². The summed E-state index contributed by atoms with van der Waals surface area (Å²) in [5.41, 5.74) is 0. The average Bonchev–Trinajstić information content (AvgIpc) is 2.91. The van der Waals surface area contributed by atoms with E-state index in [4.69, 9.17) is 4.74 Å². The lowest BCUT2D eigenvalue weighted by atomic mass is 10.2. The molecule has 0 bridgehead atoms. The lowest BCUT2D eigenvalue weighted by Crippen LogP contribution is -2.37. The summed E-state index contributed by atoms with van der Waals surface area (Å²) in [7, 11) is -3.54. The fourth-order valence-electron chi connectivity index (χ4n) is 3.20. The summed E-state index contributed by atoms with van der Waals surface area (Å²) in [4.78, 5) is 2.45. The normalized spacial score (nSPS) is 24.7. The monoisotopic (exact) mass is 342 g/mol. The minimum Gasteiger partial charge on any atom is -0.377 e. The maximum atomic E-state index is 13.0. The number of rotatable bonds is 4. The van der Waals surface area contributed by atoms with Crippen LogP contribution in [0, 0.1) is 5.82 Å². The van der Waals surface area contributed by atoms with Gasteiger partial charge in [0.1, 0.15) is 5.82 Å². The van der Waals surface area contributed by atoms with E-state index in [-0.39, 0.29) is 11.0 Å². The van der Waals surface area contributed by atoms with Crippen LogP contribution in [0.15, 0.2) is 29.2 Å². The molecule has 7 heteroatoms. The number of sulfonamides is 1. The van der Waals surface area contributed by atoms with Gasteiger partial charge in [0.25, 0.3) is 0 Å². The summed E-state index contributed by atoms with van der Waals surface area (Å²) in [5, 5.41) is 0. The van der Waals surface area contributed by atoms with Crippen LogP contribution < -0.4 is 0 Å². The summed E-state index contributed by atoms with van der Waals surface area (Å²) >= 11 is 0. The molecule has 2 saturated heterocycles. The second kappa shape index (κ2) is 7.25. The Kier molecular flexibility index (Phi) is 5.31. The van der Waals surface area contributed by atoms with E-state index in [0.717, 1.165) is 39.0 Å². The van der Waals surface area contributed by atoms with Gasteiger partial charge in [0.2, 0.25) is 10.0 Å². The highest BCUT2D eigenvalue weighted by atomic mass is 32.2. The van der Waals surface area contributed by atoms with Crippen LogP contribution in [0.4, 0.5) is 4.39 Å². The number of ether oxygens (including phenoxy) is 1. The van der Waals surface area contributed by atoms with Crippen LogP contribution in [-0.4, -0.2) is 63.1 Å². The lowest BCUT2D eigenvalue weighted by molar-refractivity contribution is 0.0749. The van der Waals surface area contributed by atoms with Gasteiger partial charge in [0.05, 0.1) is 11.0 Å². The summed E-state index contributed by atoms with van der Waals surface area (Å²) < 4.78 is 45.5. The number of hydrogen-bond acceptors (Lipinski definition) is 4. The fourth-order valence-corrected chi connectivity index (χ4v) is 4.67. The molecule has 23 heavy (non-hydrogen) atoms. The van der Waals surface area contributed by atoms with Gasteiger partial charge < -0.3 is 4.74 Å². The molecule has 0 amide bonds. The Hall–Kier alpha value is -1.02. The van der Waals surface area contributed by atoms with Crippen molar-refractivity contribution in [1.29, 1.82) is 0 Å². The second-order valence-electron chi connectivity index (χ2n) is 6.15. The first-order valence-electron chi connectivity index (χ1n) is 8.15. The molecular weight excluding hydrogens is 319 g/mol. The van der Waals surface area contributed by atoms with Crippen LogP contribution in [0.2, 0.25) is 0 Å². The Morgan fingerprint density at radius 1 is 1.09 bits per heavy atom. The van der Waals surface area contributed by atoms with Crippen molar-refractivity contribution in [3.05, 3.63) is 30.1 Å². The van der Waals surface area contributed by atoms with E-state index in [0.29, 0.717) is 19.6 Å². The Morgan fingerprint density at radius 2 is 1.87 bits per heavy atom. The predicted octanol–water partition coefficient (Wildman–Crippen LogP) is 1.70. The molecule has 1 aromatic rings. The van der Waals surface area contributed by atoms with Gasteiger partial charge in [-0.3, -0.25) is 4.90 Å². The van der Waals surface area contributed by atoms with Crippen molar-refractivity contribution in [1.82, 2.24) is 9.21 Å². The molecule has 0 aliphatic carbocycles. The van der Waals surface area contributed by atoms with Gasteiger partial charge in [-0.2, -0.15) is 4.31 Å². The van der Waals surface area contributed by atoms with E-state index in [1.165, 1.54) is 28.6 Å². The van der Waals surface area contributed by atoms with Crippen LogP contribution >= 0.6 is 0 Å². The zero-order valence-corrected chi connectivity index (χ0v) is 14.0. The number of halogens is 1. The molecule has 1 aromatic carbocycles. The molecule has 0 saturated carbocycles. The highest BCUT2D eigenvalue weighted by Crippen LogP contribution is 2.19. The van der Waals surface area contributed by atoms with Gasteiger partial charge >= 0.3 is 0 Å². The van der Waals surface area contributed by atoms with E-state index in [9.17, 15) is 12.8 Å². The number of nitrogens with zero attached hydrogens (tertiary/aromatic N) is 2. The molecule has 0 N–H and O–H groups in total. The Labute approximate surface area is 137 Å². The number of hydrogen-bond donors (Lipinski definition) is 0. The highest BCUT2D eigenvalue weighted by Gasteiger charge is 2.28. The van der Waals surface area contributed by atoms with Crippen LogP contribution in [-0.2, 0) is 14.8 Å². The van der Waals surface area contributed by atoms with Crippen molar-refractivity contribution in [2.24, 2.45) is 0 Å². The topological polar surface area (TPSA) is 49.9 Å². The molecule has 5 nitrogen and oxygen atoms in total. The van der Waals surface area contributed by atoms with Gasteiger partial charge in [0.15, 0.2) is 0 Å². The van der Waals surface area contributed by atoms with Crippen molar-refractivity contribution >= 4 is 10.0 Å². The maximum Gasteiger partial charge on any atom is 0.243 e. The molecule has 2 aliphatic rings. The SMILES string of the molecule is O=S(=O)(c1ccc(F)cc1)N1CCCN(C[C@@H]2CCCO2)CC1. The molecule has 2 aliphatic heterocycles. The Morgan fingerprint density at radius 3 is 2.57 bits per heavy atom. The predicted molar refractivity (Wildman–Crippen MR) is 85.2 cm³/mol. The molecule has 0 aromatic heterocycles. The van der Waals surface area contributed by atoms with Crippen LogP contribution in [0.1, 0.15) is 19.3 Å². The Balaban J connectivity index is 1.63. The third kappa shape index (κ3) is 4.09. The van der Waals surface area contributed by atoms with Gasteiger partial charge in [-0.15, -0.1) is 0 Å². The van der Waals surface area contributed by atoms with Gasteiger partial charge in [-0.1, -0.05) is 0 Å². The van der Waals surface area contributed by atoms with Crippen LogP contribution in [0.25, 0.3) is 0 Å². The molecule has 0 radical (unpaired) electrons. The third-order valence-electron chi connectivity index (χ3n) is 4.48. The van der Waals surface area contributed by atoms with Crippen molar-refractivity contribution in [2.75, 3.05) is 39.3 Å². The average molecular weight is 342 g/mol. The summed E-state index contributed by atoms with van der Waals surface area (Å²) in [6.07, 6.45) is 3.29.